The van der Waals surface area contributed by atoms with Crippen LogP contribution in [0.25, 0.3) is 0 Å². The molecule has 0 aromatic heterocycles. The van der Waals surface area contributed by atoms with Gasteiger partial charge in [0.25, 0.3) is 0 Å². The van der Waals surface area contributed by atoms with Crippen LogP contribution in [0.4, 0.5) is 5.69 Å². The Morgan fingerprint density at radius 3 is 2.71 bits per heavy atom. The first-order chi connectivity index (χ1) is 6.63. The summed E-state index contributed by atoms with van der Waals surface area (Å²) >= 11 is 11.5. The van der Waals surface area contributed by atoms with Crippen molar-refractivity contribution in [2.45, 2.75) is 6.42 Å². The Labute approximate surface area is 91.6 Å². The normalized spacial score (nSPS) is 9.93. The van der Waals surface area contributed by atoms with E-state index >= 15 is 0 Å². The molecule has 0 spiro atoms. The fourth-order valence-corrected chi connectivity index (χ4v) is 1.36. The molecule has 0 radical (unpaired) electrons. The van der Waals surface area contributed by atoms with Gasteiger partial charge in [-0.2, -0.15) is 0 Å². The van der Waals surface area contributed by atoms with E-state index in [0.29, 0.717) is 15.7 Å². The summed E-state index contributed by atoms with van der Waals surface area (Å²) in [5, 5.41) is 11.9. The largest absolute Gasteiger partial charge is 0.396 e. The van der Waals surface area contributed by atoms with Crippen molar-refractivity contribution in [2.75, 3.05) is 11.9 Å². The van der Waals surface area contributed by atoms with Crippen molar-refractivity contribution in [3.8, 4) is 0 Å². The fraction of sp³-hybridized carbons (Fsp3) is 0.222. The molecule has 14 heavy (non-hydrogen) atoms. The van der Waals surface area contributed by atoms with Crippen LogP contribution in [0.2, 0.25) is 10.0 Å². The second-order valence-electron chi connectivity index (χ2n) is 2.65. The van der Waals surface area contributed by atoms with Crippen LogP contribution in [0.15, 0.2) is 18.2 Å². The Balaban J connectivity index is 2.72. The van der Waals surface area contributed by atoms with E-state index in [4.69, 9.17) is 28.3 Å². The van der Waals surface area contributed by atoms with Gasteiger partial charge >= 0.3 is 0 Å². The van der Waals surface area contributed by atoms with Gasteiger partial charge in [-0.25, -0.2) is 0 Å². The quantitative estimate of drug-likeness (QED) is 0.842. The maximum atomic E-state index is 11.1. The molecule has 0 heterocycles. The number of carbonyl (C=O) groups is 1. The van der Waals surface area contributed by atoms with Gasteiger partial charge in [0.1, 0.15) is 0 Å². The van der Waals surface area contributed by atoms with Crippen LogP contribution in [0.3, 0.4) is 0 Å². The summed E-state index contributed by atoms with van der Waals surface area (Å²) in [7, 11) is 0. The molecule has 0 saturated heterocycles. The molecule has 76 valence electrons. The Bertz CT molecular complexity index is 342. The van der Waals surface area contributed by atoms with E-state index in [-0.39, 0.29) is 18.9 Å². The lowest BCUT2D eigenvalue weighted by Gasteiger charge is -2.06. The first-order valence-electron chi connectivity index (χ1n) is 3.99. The minimum Gasteiger partial charge on any atom is -0.396 e. The number of aliphatic hydroxyl groups excluding tert-OH is 1. The summed E-state index contributed by atoms with van der Waals surface area (Å²) < 4.78 is 0. The molecular formula is C9H9Cl2NO2. The van der Waals surface area contributed by atoms with E-state index < -0.39 is 0 Å². The number of benzene rings is 1. The third kappa shape index (κ3) is 3.18. The van der Waals surface area contributed by atoms with Crippen LogP contribution < -0.4 is 5.32 Å². The highest BCUT2D eigenvalue weighted by molar-refractivity contribution is 6.36. The fourth-order valence-electron chi connectivity index (χ4n) is 0.905. The summed E-state index contributed by atoms with van der Waals surface area (Å²) in [5.41, 5.74) is 0.495. The molecule has 1 aromatic rings. The lowest BCUT2D eigenvalue weighted by Crippen LogP contribution is -2.12. The van der Waals surface area contributed by atoms with E-state index in [1.54, 1.807) is 12.1 Å². The maximum absolute atomic E-state index is 11.1. The summed E-state index contributed by atoms with van der Waals surface area (Å²) in [6.07, 6.45) is 0.0545. The van der Waals surface area contributed by atoms with Crippen LogP contribution in [-0.2, 0) is 4.79 Å². The number of carbonyl (C=O) groups excluding carboxylic acids is 1. The molecule has 0 atom stereocenters. The minimum absolute atomic E-state index is 0.0545. The number of nitrogens with one attached hydrogen (secondary N) is 1. The predicted molar refractivity (Wildman–Crippen MR) is 56.8 cm³/mol. The van der Waals surface area contributed by atoms with E-state index in [9.17, 15) is 4.79 Å². The molecule has 0 fully saturated rings. The summed E-state index contributed by atoms with van der Waals surface area (Å²) in [6.45, 7) is -0.183. The molecule has 1 rings (SSSR count). The highest BCUT2D eigenvalue weighted by Crippen LogP contribution is 2.25. The Hall–Kier alpha value is -0.770. The third-order valence-electron chi connectivity index (χ3n) is 1.54. The van der Waals surface area contributed by atoms with Crippen molar-refractivity contribution >= 4 is 34.8 Å². The van der Waals surface area contributed by atoms with Crippen molar-refractivity contribution in [1.29, 1.82) is 0 Å². The van der Waals surface area contributed by atoms with Gasteiger partial charge in [-0.05, 0) is 18.2 Å². The van der Waals surface area contributed by atoms with E-state index in [1.165, 1.54) is 6.07 Å². The number of amides is 1. The van der Waals surface area contributed by atoms with E-state index in [1.807, 2.05) is 0 Å². The molecule has 0 aliphatic rings. The van der Waals surface area contributed by atoms with Crippen molar-refractivity contribution in [3.63, 3.8) is 0 Å². The van der Waals surface area contributed by atoms with Crippen molar-refractivity contribution in [3.05, 3.63) is 28.2 Å². The molecule has 0 bridgehead atoms. The highest BCUT2D eigenvalue weighted by Gasteiger charge is 2.05. The SMILES string of the molecule is O=C(CCO)Nc1ccc(Cl)cc1Cl. The molecule has 5 heteroatoms. The Kier molecular flexibility index (Phi) is 4.20. The maximum Gasteiger partial charge on any atom is 0.226 e. The topological polar surface area (TPSA) is 49.3 Å². The van der Waals surface area contributed by atoms with Gasteiger partial charge in [0, 0.05) is 5.02 Å². The minimum atomic E-state index is -0.281. The number of aliphatic hydroxyl groups is 1. The average Bonchev–Trinajstić information content (AvgIpc) is 2.10. The van der Waals surface area contributed by atoms with Crippen LogP contribution in [0.1, 0.15) is 6.42 Å². The second kappa shape index (κ2) is 5.20. The van der Waals surface area contributed by atoms with Crippen molar-refractivity contribution < 1.29 is 9.90 Å². The number of halogens is 2. The molecule has 1 amide bonds. The Morgan fingerprint density at radius 1 is 1.43 bits per heavy atom. The molecule has 0 unspecified atom stereocenters. The average molecular weight is 234 g/mol. The molecule has 3 nitrogen and oxygen atoms in total. The zero-order valence-corrected chi connectivity index (χ0v) is 8.77. The predicted octanol–water partition coefficient (Wildman–Crippen LogP) is 2.31. The zero-order valence-electron chi connectivity index (χ0n) is 7.26. The number of anilines is 1. The summed E-state index contributed by atoms with van der Waals surface area (Å²) in [4.78, 5) is 11.1. The van der Waals surface area contributed by atoms with Gasteiger partial charge in [0.05, 0.1) is 23.7 Å². The smallest absolute Gasteiger partial charge is 0.226 e. The summed E-state index contributed by atoms with van der Waals surface area (Å²) in [6, 6.07) is 4.78. The monoisotopic (exact) mass is 233 g/mol. The highest BCUT2D eigenvalue weighted by atomic mass is 35.5. The third-order valence-corrected chi connectivity index (χ3v) is 2.09. The molecular weight excluding hydrogens is 225 g/mol. The van der Waals surface area contributed by atoms with E-state index in [2.05, 4.69) is 5.32 Å². The van der Waals surface area contributed by atoms with Gasteiger partial charge in [0.2, 0.25) is 5.91 Å². The van der Waals surface area contributed by atoms with E-state index in [0.717, 1.165) is 0 Å². The van der Waals surface area contributed by atoms with Crippen LogP contribution >= 0.6 is 23.2 Å². The number of hydrogen-bond donors (Lipinski definition) is 2. The zero-order chi connectivity index (χ0) is 10.6. The number of rotatable bonds is 3. The summed E-state index contributed by atoms with van der Waals surface area (Å²) in [5.74, 6) is -0.281. The second-order valence-corrected chi connectivity index (χ2v) is 3.49. The van der Waals surface area contributed by atoms with Gasteiger partial charge in [-0.1, -0.05) is 23.2 Å². The van der Waals surface area contributed by atoms with Gasteiger partial charge < -0.3 is 10.4 Å². The molecule has 0 aliphatic heterocycles. The van der Waals surface area contributed by atoms with Crippen LogP contribution in [-0.4, -0.2) is 17.6 Å². The van der Waals surface area contributed by atoms with Crippen LogP contribution in [0.5, 0.6) is 0 Å². The van der Waals surface area contributed by atoms with Gasteiger partial charge in [0.15, 0.2) is 0 Å². The van der Waals surface area contributed by atoms with Crippen molar-refractivity contribution in [1.82, 2.24) is 0 Å². The standard InChI is InChI=1S/C9H9Cl2NO2/c10-6-1-2-8(7(11)5-6)12-9(14)3-4-13/h1-2,5,13H,3-4H2,(H,12,14). The molecule has 0 saturated carbocycles. The van der Waals surface area contributed by atoms with Crippen LogP contribution in [0, 0.1) is 0 Å². The number of hydrogen-bond acceptors (Lipinski definition) is 2. The lowest BCUT2D eigenvalue weighted by molar-refractivity contribution is -0.116. The molecule has 2 N–H and O–H groups in total. The molecule has 0 aliphatic carbocycles. The van der Waals surface area contributed by atoms with Gasteiger partial charge in [-0.3, -0.25) is 4.79 Å². The lowest BCUT2D eigenvalue weighted by atomic mass is 10.3. The Morgan fingerprint density at radius 2 is 2.14 bits per heavy atom. The first kappa shape index (κ1) is 11.3. The van der Waals surface area contributed by atoms with Crippen molar-refractivity contribution in [2.24, 2.45) is 0 Å². The molecule has 1 aromatic carbocycles. The first-order valence-corrected chi connectivity index (χ1v) is 4.75. The van der Waals surface area contributed by atoms with Gasteiger partial charge in [-0.15, -0.1) is 0 Å².